The van der Waals surface area contributed by atoms with Crippen LogP contribution in [0, 0.1) is 12.8 Å². The summed E-state index contributed by atoms with van der Waals surface area (Å²) in [5, 5.41) is 5.73. The van der Waals surface area contributed by atoms with Crippen LogP contribution in [-0.4, -0.2) is 18.4 Å². The van der Waals surface area contributed by atoms with Gasteiger partial charge in [-0.1, -0.05) is 29.8 Å². The van der Waals surface area contributed by atoms with Crippen molar-refractivity contribution >= 4 is 17.5 Å². The molecule has 1 aliphatic heterocycles. The number of ether oxygens (including phenoxy) is 1. The first-order valence-corrected chi connectivity index (χ1v) is 8.38. The number of aryl methyl sites for hydroxylation is 1. The average Bonchev–Trinajstić information content (AvgIpc) is 2.60. The van der Waals surface area contributed by atoms with Crippen LogP contribution in [0.3, 0.4) is 0 Å². The maximum absolute atomic E-state index is 12.5. The average molecular weight is 338 g/mol. The quantitative estimate of drug-likeness (QED) is 0.901. The number of hydrogen-bond acceptors (Lipinski definition) is 3. The van der Waals surface area contributed by atoms with Crippen molar-refractivity contribution in [3.8, 4) is 5.75 Å². The predicted molar refractivity (Wildman–Crippen MR) is 96.5 cm³/mol. The fraction of sp³-hybridized carbons (Fsp3) is 0.300. The largest absolute Gasteiger partial charge is 0.492 e. The Labute approximate surface area is 147 Å². The number of benzene rings is 2. The summed E-state index contributed by atoms with van der Waals surface area (Å²) in [5.41, 5.74) is 3.93. The molecule has 3 rings (SSSR count). The molecule has 0 aromatic heterocycles. The lowest BCUT2D eigenvalue weighted by Gasteiger charge is -2.25. The molecule has 2 N–H and O–H groups in total. The Hall–Kier alpha value is -2.82. The molecule has 1 heterocycles. The molecule has 0 aliphatic carbocycles. The number of amides is 2. The molecule has 2 aromatic carbocycles. The first-order valence-electron chi connectivity index (χ1n) is 8.38. The Morgan fingerprint density at radius 3 is 2.64 bits per heavy atom. The highest BCUT2D eigenvalue weighted by atomic mass is 16.5. The Morgan fingerprint density at radius 1 is 1.16 bits per heavy atom. The third-order valence-corrected chi connectivity index (χ3v) is 4.25. The first-order chi connectivity index (χ1) is 12.0. The number of nitrogens with one attached hydrogen (secondary N) is 2. The van der Waals surface area contributed by atoms with Gasteiger partial charge in [-0.15, -0.1) is 0 Å². The van der Waals surface area contributed by atoms with Gasteiger partial charge in [0.15, 0.2) is 0 Å². The molecule has 5 heteroatoms. The lowest BCUT2D eigenvalue weighted by atomic mass is 9.95. The van der Waals surface area contributed by atoms with Crippen LogP contribution in [0.5, 0.6) is 5.75 Å². The monoisotopic (exact) mass is 338 g/mol. The number of carbonyl (C=O) groups excluding carboxylic acids is 2. The minimum absolute atomic E-state index is 0.0174. The molecular formula is C20H22N2O3. The van der Waals surface area contributed by atoms with E-state index in [1.165, 1.54) is 12.5 Å². The van der Waals surface area contributed by atoms with Crippen molar-refractivity contribution in [1.82, 2.24) is 5.32 Å². The van der Waals surface area contributed by atoms with Gasteiger partial charge < -0.3 is 15.4 Å². The second kappa shape index (κ2) is 7.38. The van der Waals surface area contributed by atoms with Gasteiger partial charge in [0.1, 0.15) is 12.4 Å². The van der Waals surface area contributed by atoms with E-state index in [0.717, 1.165) is 22.6 Å². The van der Waals surface area contributed by atoms with Crippen molar-refractivity contribution in [1.29, 1.82) is 0 Å². The van der Waals surface area contributed by atoms with Gasteiger partial charge >= 0.3 is 0 Å². The molecule has 5 nitrogen and oxygen atoms in total. The molecule has 1 aliphatic rings. The third-order valence-electron chi connectivity index (χ3n) is 4.25. The van der Waals surface area contributed by atoms with Crippen LogP contribution in [0.15, 0.2) is 42.5 Å². The van der Waals surface area contributed by atoms with Crippen LogP contribution in [0.4, 0.5) is 5.69 Å². The number of fused-ring (bicyclic) bond motifs is 1. The van der Waals surface area contributed by atoms with Gasteiger partial charge in [-0.05, 0) is 42.7 Å². The minimum atomic E-state index is -0.231. The van der Waals surface area contributed by atoms with Gasteiger partial charge in [0.2, 0.25) is 11.8 Å². The molecule has 0 spiro atoms. The number of anilines is 1. The van der Waals surface area contributed by atoms with E-state index in [-0.39, 0.29) is 17.7 Å². The molecule has 0 saturated heterocycles. The van der Waals surface area contributed by atoms with Gasteiger partial charge in [0.25, 0.3) is 0 Å². The zero-order valence-corrected chi connectivity index (χ0v) is 14.5. The number of hydrogen-bond donors (Lipinski definition) is 2. The van der Waals surface area contributed by atoms with Crippen molar-refractivity contribution in [2.45, 2.75) is 26.8 Å². The van der Waals surface area contributed by atoms with Crippen LogP contribution in [0.2, 0.25) is 0 Å². The zero-order valence-electron chi connectivity index (χ0n) is 14.5. The van der Waals surface area contributed by atoms with Crippen LogP contribution >= 0.6 is 0 Å². The molecule has 0 unspecified atom stereocenters. The summed E-state index contributed by atoms with van der Waals surface area (Å²) in [7, 11) is 0. The minimum Gasteiger partial charge on any atom is -0.492 e. The van der Waals surface area contributed by atoms with Crippen molar-refractivity contribution in [2.75, 3.05) is 11.9 Å². The Balaban J connectivity index is 1.61. The van der Waals surface area contributed by atoms with E-state index < -0.39 is 0 Å². The van der Waals surface area contributed by atoms with E-state index in [2.05, 4.69) is 10.6 Å². The summed E-state index contributed by atoms with van der Waals surface area (Å²) >= 11 is 0. The maximum atomic E-state index is 12.5. The van der Waals surface area contributed by atoms with Gasteiger partial charge in [-0.25, -0.2) is 0 Å². The highest BCUT2D eigenvalue weighted by molar-refractivity contribution is 5.89. The summed E-state index contributed by atoms with van der Waals surface area (Å²) in [6.07, 6.45) is 0.600. The summed E-state index contributed by atoms with van der Waals surface area (Å²) in [4.78, 5) is 23.6. The van der Waals surface area contributed by atoms with Crippen molar-refractivity contribution in [3.63, 3.8) is 0 Å². The Morgan fingerprint density at radius 2 is 1.92 bits per heavy atom. The van der Waals surface area contributed by atoms with E-state index in [9.17, 15) is 9.59 Å². The van der Waals surface area contributed by atoms with Crippen LogP contribution in [-0.2, 0) is 22.6 Å². The van der Waals surface area contributed by atoms with Gasteiger partial charge in [0, 0.05) is 19.2 Å². The van der Waals surface area contributed by atoms with Gasteiger partial charge in [-0.3, -0.25) is 9.59 Å². The smallest absolute Gasteiger partial charge is 0.227 e. The second-order valence-electron chi connectivity index (χ2n) is 6.42. The molecule has 2 amide bonds. The van der Waals surface area contributed by atoms with E-state index in [1.54, 1.807) is 6.07 Å². The van der Waals surface area contributed by atoms with Crippen LogP contribution < -0.4 is 15.4 Å². The van der Waals surface area contributed by atoms with E-state index in [0.29, 0.717) is 19.6 Å². The van der Waals surface area contributed by atoms with Crippen molar-refractivity contribution in [3.05, 3.63) is 59.2 Å². The molecule has 0 bridgehead atoms. The lowest BCUT2D eigenvalue weighted by Crippen LogP contribution is -2.37. The number of carbonyl (C=O) groups is 2. The molecular weight excluding hydrogens is 316 g/mol. The van der Waals surface area contributed by atoms with E-state index >= 15 is 0 Å². The standard InChI is InChI=1S/C20H22N2O3/c1-13-3-5-15(6-4-13)11-21-20(24)17-9-16-10-18(22-14(2)23)7-8-19(16)25-12-17/h3-8,10,17H,9,11-12H2,1-2H3,(H,21,24)(H,22,23)/t17-/m0/s1. The summed E-state index contributed by atoms with van der Waals surface area (Å²) in [5.74, 6) is 0.405. The predicted octanol–water partition coefficient (Wildman–Crippen LogP) is 2.82. The molecule has 1 atom stereocenters. The van der Waals surface area contributed by atoms with E-state index in [4.69, 9.17) is 4.74 Å². The molecule has 0 fully saturated rings. The highest BCUT2D eigenvalue weighted by Crippen LogP contribution is 2.30. The molecule has 0 saturated carbocycles. The van der Waals surface area contributed by atoms with Crippen LogP contribution in [0.25, 0.3) is 0 Å². The normalized spacial score (nSPS) is 15.7. The second-order valence-corrected chi connectivity index (χ2v) is 6.42. The molecule has 2 aromatic rings. The van der Waals surface area contributed by atoms with Gasteiger partial charge in [-0.2, -0.15) is 0 Å². The Kier molecular flexibility index (Phi) is 5.03. The van der Waals surface area contributed by atoms with Crippen LogP contribution in [0.1, 0.15) is 23.6 Å². The molecule has 25 heavy (non-hydrogen) atoms. The number of rotatable bonds is 4. The highest BCUT2D eigenvalue weighted by Gasteiger charge is 2.26. The van der Waals surface area contributed by atoms with Crippen molar-refractivity contribution < 1.29 is 14.3 Å². The van der Waals surface area contributed by atoms with Gasteiger partial charge in [0.05, 0.1) is 5.92 Å². The Bertz CT molecular complexity index is 784. The summed E-state index contributed by atoms with van der Waals surface area (Å²) < 4.78 is 5.71. The first kappa shape index (κ1) is 17.0. The van der Waals surface area contributed by atoms with E-state index in [1.807, 2.05) is 43.3 Å². The fourth-order valence-corrected chi connectivity index (χ4v) is 2.88. The molecule has 130 valence electrons. The SMILES string of the molecule is CC(=O)Nc1ccc2c(c1)C[C@H](C(=O)NCc1ccc(C)cc1)CO2. The molecule has 0 radical (unpaired) electrons. The summed E-state index contributed by atoms with van der Waals surface area (Å²) in [6.45, 7) is 4.38. The third kappa shape index (κ3) is 4.38. The zero-order chi connectivity index (χ0) is 17.8. The maximum Gasteiger partial charge on any atom is 0.227 e. The van der Waals surface area contributed by atoms with Crippen molar-refractivity contribution in [2.24, 2.45) is 5.92 Å². The fourth-order valence-electron chi connectivity index (χ4n) is 2.88. The summed E-state index contributed by atoms with van der Waals surface area (Å²) in [6, 6.07) is 13.6. The topological polar surface area (TPSA) is 67.4 Å². The lowest BCUT2D eigenvalue weighted by molar-refractivity contribution is -0.126.